The van der Waals surface area contributed by atoms with E-state index in [1.165, 1.54) is 0 Å². The van der Waals surface area contributed by atoms with Crippen LogP contribution in [0.2, 0.25) is 0 Å². The largest absolute Gasteiger partial charge is 0.368 e. The van der Waals surface area contributed by atoms with Gasteiger partial charge in [-0.1, -0.05) is 36.4 Å². The molecule has 0 aromatic heterocycles. The van der Waals surface area contributed by atoms with E-state index in [1.807, 2.05) is 26.8 Å². The van der Waals surface area contributed by atoms with Gasteiger partial charge in [-0.05, 0) is 38.7 Å². The molecule has 0 saturated carbocycles. The van der Waals surface area contributed by atoms with Crippen LogP contribution in [0.3, 0.4) is 0 Å². The quantitative estimate of drug-likeness (QED) is 0.377. The highest BCUT2D eigenvalue weighted by molar-refractivity contribution is 14.1. The summed E-state index contributed by atoms with van der Waals surface area (Å²) in [4.78, 5) is 4.62. The first-order valence-electron chi connectivity index (χ1n) is 6.79. The van der Waals surface area contributed by atoms with Gasteiger partial charge in [0.2, 0.25) is 0 Å². The van der Waals surface area contributed by atoms with E-state index < -0.39 is 11.7 Å². The molecular weight excluding hydrogens is 355 g/mol. The molecule has 0 bridgehead atoms. The summed E-state index contributed by atoms with van der Waals surface area (Å²) in [7, 11) is 0. The van der Waals surface area contributed by atoms with Gasteiger partial charge in [-0.25, -0.2) is 4.99 Å². The molecule has 0 aliphatic carbocycles. The fourth-order valence-corrected chi connectivity index (χ4v) is 3.26. The Morgan fingerprint density at radius 2 is 2.05 bits per heavy atom. The maximum Gasteiger partial charge on any atom is 0.162 e. The van der Waals surface area contributed by atoms with E-state index in [9.17, 15) is 10.2 Å². The Morgan fingerprint density at radius 3 is 2.53 bits per heavy atom. The third-order valence-corrected chi connectivity index (χ3v) is 4.22. The minimum absolute atomic E-state index is 0.192. The van der Waals surface area contributed by atoms with E-state index in [4.69, 9.17) is 0 Å². The first-order chi connectivity index (χ1) is 8.81. The molecule has 110 valence electrons. The number of rotatable bonds is 6. The lowest BCUT2D eigenvalue weighted by atomic mass is 9.75. The van der Waals surface area contributed by atoms with Gasteiger partial charge in [0.15, 0.2) is 6.29 Å². The Kier molecular flexibility index (Phi) is 6.26. The number of hydrogen-bond donors (Lipinski definition) is 3. The van der Waals surface area contributed by atoms with Gasteiger partial charge in [-0.15, -0.1) is 0 Å². The summed E-state index contributed by atoms with van der Waals surface area (Å²) >= 11 is 2.36. The number of aliphatic imine (C=N–C) groups is 1. The van der Waals surface area contributed by atoms with Crippen molar-refractivity contribution in [1.29, 1.82) is 0 Å². The molecule has 0 amide bonds. The Hall–Kier alpha value is -0.140. The van der Waals surface area contributed by atoms with Crippen molar-refractivity contribution >= 4 is 28.3 Å². The van der Waals surface area contributed by atoms with Crippen molar-refractivity contribution in [3.63, 3.8) is 0 Å². The van der Waals surface area contributed by atoms with Gasteiger partial charge in [0.25, 0.3) is 0 Å². The molecule has 1 rings (SSSR count). The molecule has 0 aromatic rings. The number of halogens is 1. The van der Waals surface area contributed by atoms with Crippen LogP contribution in [0.5, 0.6) is 0 Å². The van der Waals surface area contributed by atoms with Gasteiger partial charge in [0, 0.05) is 16.2 Å². The molecule has 0 saturated heterocycles. The summed E-state index contributed by atoms with van der Waals surface area (Å²) in [5.74, 6) is 1.05. The van der Waals surface area contributed by atoms with Crippen molar-refractivity contribution in [3.8, 4) is 0 Å². The average Bonchev–Trinajstić information content (AvgIpc) is 2.31. The van der Waals surface area contributed by atoms with Crippen molar-refractivity contribution in [1.82, 2.24) is 5.32 Å². The Morgan fingerprint density at radius 1 is 1.42 bits per heavy atom. The highest BCUT2D eigenvalue weighted by Gasteiger charge is 2.40. The molecule has 1 aliphatic heterocycles. The first kappa shape index (κ1) is 16.9. The molecule has 0 spiro atoms. The molecule has 19 heavy (non-hydrogen) atoms. The summed E-state index contributed by atoms with van der Waals surface area (Å²) < 4.78 is 1.10. The molecule has 3 N–H and O–H groups in total. The lowest BCUT2D eigenvalue weighted by Crippen LogP contribution is -2.44. The minimum atomic E-state index is -1.38. The second-order valence-electron chi connectivity index (χ2n) is 5.76. The average molecular weight is 380 g/mol. The number of allylic oxidation sites excluding steroid dienone is 1. The molecule has 1 aliphatic rings. The summed E-state index contributed by atoms with van der Waals surface area (Å²) in [6, 6.07) is 0.378. The number of alkyl halides is 1. The van der Waals surface area contributed by atoms with E-state index >= 15 is 0 Å². The van der Waals surface area contributed by atoms with Gasteiger partial charge in [0.05, 0.1) is 5.41 Å². The first-order valence-corrected chi connectivity index (χ1v) is 8.31. The van der Waals surface area contributed by atoms with E-state index in [-0.39, 0.29) is 5.92 Å². The molecule has 2 unspecified atom stereocenters. The molecule has 5 heteroatoms. The maximum atomic E-state index is 9.63. The Bertz CT molecular complexity index is 366. The molecular formula is C14H25IN2O2. The molecule has 0 fully saturated rings. The van der Waals surface area contributed by atoms with Crippen molar-refractivity contribution in [3.05, 3.63) is 11.9 Å². The predicted molar refractivity (Wildman–Crippen MR) is 87.4 cm³/mol. The van der Waals surface area contributed by atoms with E-state index in [2.05, 4.69) is 39.8 Å². The molecule has 0 radical (unpaired) electrons. The second-order valence-corrected chi connectivity index (χ2v) is 6.84. The summed E-state index contributed by atoms with van der Waals surface area (Å²) in [6.45, 7) is 8.07. The molecule has 2 atom stereocenters. The van der Waals surface area contributed by atoms with E-state index in [0.717, 1.165) is 22.4 Å². The Labute approximate surface area is 129 Å². The lowest BCUT2D eigenvalue weighted by Gasteiger charge is -2.37. The standard InChI is InChI=1S/C14H25IN2O2/c1-9(2)12-14(4,13(18)19)7-5-11(17-12)16-10(3)6-8-15/h5,9-10,13,16,18-19H,6-8H2,1-4H3. The Balaban J connectivity index is 2.89. The van der Waals surface area contributed by atoms with E-state index in [1.54, 1.807) is 0 Å². The molecule has 4 nitrogen and oxygen atoms in total. The van der Waals surface area contributed by atoms with Crippen LogP contribution in [-0.4, -0.2) is 32.7 Å². The zero-order chi connectivity index (χ0) is 14.6. The van der Waals surface area contributed by atoms with Crippen LogP contribution in [0.1, 0.15) is 40.5 Å². The maximum absolute atomic E-state index is 9.63. The molecule has 1 heterocycles. The third-order valence-electron chi connectivity index (χ3n) is 3.60. The normalized spacial score (nSPS) is 25.3. The SMILES string of the molecule is CC(CCI)NC1=CCC(C)(C(O)O)C(C(C)C)=N1. The van der Waals surface area contributed by atoms with Gasteiger partial charge in [-0.3, -0.25) is 0 Å². The van der Waals surface area contributed by atoms with Crippen LogP contribution in [-0.2, 0) is 0 Å². The van der Waals surface area contributed by atoms with Crippen LogP contribution in [0.25, 0.3) is 0 Å². The number of nitrogens with one attached hydrogen (secondary N) is 1. The van der Waals surface area contributed by atoms with Gasteiger partial charge in [0.1, 0.15) is 5.82 Å². The number of aliphatic hydroxyl groups is 2. The highest BCUT2D eigenvalue weighted by Crippen LogP contribution is 2.35. The number of hydrogen-bond acceptors (Lipinski definition) is 4. The van der Waals surface area contributed by atoms with E-state index in [0.29, 0.717) is 12.5 Å². The topological polar surface area (TPSA) is 64.8 Å². The third kappa shape index (κ3) is 4.16. The smallest absolute Gasteiger partial charge is 0.162 e. The van der Waals surface area contributed by atoms with Gasteiger partial charge in [-0.2, -0.15) is 0 Å². The summed E-state index contributed by atoms with van der Waals surface area (Å²) in [5.41, 5.74) is 0.181. The molecule has 0 aromatic carbocycles. The van der Waals surface area contributed by atoms with Gasteiger partial charge >= 0.3 is 0 Å². The monoisotopic (exact) mass is 380 g/mol. The fourth-order valence-electron chi connectivity index (χ4n) is 2.32. The van der Waals surface area contributed by atoms with Crippen molar-refractivity contribution in [2.24, 2.45) is 16.3 Å². The van der Waals surface area contributed by atoms with Crippen molar-refractivity contribution < 1.29 is 10.2 Å². The fraction of sp³-hybridized carbons (Fsp3) is 0.786. The predicted octanol–water partition coefficient (Wildman–Crippen LogP) is 2.45. The van der Waals surface area contributed by atoms with Crippen LogP contribution < -0.4 is 5.32 Å². The van der Waals surface area contributed by atoms with Crippen LogP contribution in [0.4, 0.5) is 0 Å². The second kappa shape index (κ2) is 7.04. The van der Waals surface area contributed by atoms with Crippen molar-refractivity contribution in [2.45, 2.75) is 52.9 Å². The van der Waals surface area contributed by atoms with Crippen LogP contribution in [0, 0.1) is 11.3 Å². The zero-order valence-corrected chi connectivity index (χ0v) is 14.3. The summed E-state index contributed by atoms with van der Waals surface area (Å²) in [6.07, 6.45) is 2.28. The lowest BCUT2D eigenvalue weighted by molar-refractivity contribution is -0.101. The number of aliphatic hydroxyl groups excluding tert-OH is 1. The van der Waals surface area contributed by atoms with Crippen molar-refractivity contribution in [2.75, 3.05) is 4.43 Å². The van der Waals surface area contributed by atoms with Crippen LogP contribution in [0.15, 0.2) is 16.9 Å². The summed E-state index contributed by atoms with van der Waals surface area (Å²) in [5, 5.41) is 22.7. The number of nitrogens with zero attached hydrogens (tertiary/aromatic N) is 1. The van der Waals surface area contributed by atoms with Gasteiger partial charge < -0.3 is 15.5 Å². The highest BCUT2D eigenvalue weighted by atomic mass is 127. The van der Waals surface area contributed by atoms with Crippen LogP contribution >= 0.6 is 22.6 Å². The zero-order valence-electron chi connectivity index (χ0n) is 12.2. The minimum Gasteiger partial charge on any atom is -0.368 e.